The average molecular weight is 194 g/mol. The molecule has 0 unspecified atom stereocenters. The van der Waals surface area contributed by atoms with Gasteiger partial charge in [0, 0.05) is 6.20 Å². The van der Waals surface area contributed by atoms with Crippen LogP contribution in [0.15, 0.2) is 12.3 Å². The van der Waals surface area contributed by atoms with Gasteiger partial charge in [0.1, 0.15) is 5.82 Å². The molecule has 0 bridgehead atoms. The summed E-state index contributed by atoms with van der Waals surface area (Å²) < 4.78 is 5.01. The molecule has 0 atom stereocenters. The van der Waals surface area contributed by atoms with Crippen LogP contribution in [-0.2, 0) is 4.74 Å². The minimum atomic E-state index is -0.365. The minimum absolute atomic E-state index is 0.125. The van der Waals surface area contributed by atoms with Gasteiger partial charge in [-0.15, -0.1) is 0 Å². The van der Waals surface area contributed by atoms with Crippen LogP contribution in [0.5, 0.6) is 0 Å². The first-order valence-electron chi connectivity index (χ1n) is 4.44. The lowest BCUT2D eigenvalue weighted by Gasteiger charge is -2.08. The fraction of sp³-hybridized carbons (Fsp3) is 0.400. The number of hydrogen-bond acceptors (Lipinski definition) is 4. The molecule has 4 heteroatoms. The third-order valence-electron chi connectivity index (χ3n) is 1.70. The Hall–Kier alpha value is -1.58. The van der Waals surface area contributed by atoms with E-state index in [4.69, 9.17) is 10.5 Å². The van der Waals surface area contributed by atoms with Crippen LogP contribution < -0.4 is 5.73 Å². The highest BCUT2D eigenvalue weighted by molar-refractivity contribution is 5.89. The third kappa shape index (κ3) is 2.45. The molecule has 0 radical (unpaired) electrons. The van der Waals surface area contributed by atoms with Crippen LogP contribution in [0.25, 0.3) is 0 Å². The lowest BCUT2D eigenvalue weighted by molar-refractivity contribution is 0.0377. The Morgan fingerprint density at radius 1 is 1.57 bits per heavy atom. The molecular weight excluding hydrogens is 180 g/mol. The van der Waals surface area contributed by atoms with Crippen LogP contribution in [0.3, 0.4) is 0 Å². The summed E-state index contributed by atoms with van der Waals surface area (Å²) in [5.41, 5.74) is 6.74. The van der Waals surface area contributed by atoms with Crippen LogP contribution in [0.1, 0.15) is 29.8 Å². The molecule has 1 aromatic rings. The monoisotopic (exact) mass is 194 g/mol. The molecule has 4 nitrogen and oxygen atoms in total. The lowest BCUT2D eigenvalue weighted by Crippen LogP contribution is -2.12. The molecule has 0 saturated heterocycles. The summed E-state index contributed by atoms with van der Waals surface area (Å²) in [6.45, 7) is 5.40. The number of pyridine rings is 1. The zero-order chi connectivity index (χ0) is 10.7. The number of nitrogens with zero attached hydrogens (tertiary/aromatic N) is 1. The summed E-state index contributed by atoms with van der Waals surface area (Å²) in [6, 6.07) is 1.67. The van der Waals surface area contributed by atoms with Gasteiger partial charge in [-0.05, 0) is 32.4 Å². The number of hydrogen-bond donors (Lipinski definition) is 1. The SMILES string of the molecule is Cc1cc(C(=O)OC(C)C)cnc1N. The largest absolute Gasteiger partial charge is 0.459 e. The molecule has 0 aromatic carbocycles. The van der Waals surface area contributed by atoms with Gasteiger partial charge in [-0.25, -0.2) is 9.78 Å². The standard InChI is InChI=1S/C10H14N2O2/c1-6(2)14-10(13)8-4-7(3)9(11)12-5-8/h4-6H,1-3H3,(H2,11,12). The molecule has 1 aromatic heterocycles. The van der Waals surface area contributed by atoms with Crippen molar-refractivity contribution in [2.75, 3.05) is 5.73 Å². The van der Waals surface area contributed by atoms with Crippen molar-refractivity contribution >= 4 is 11.8 Å². The van der Waals surface area contributed by atoms with Crippen LogP contribution in [-0.4, -0.2) is 17.1 Å². The van der Waals surface area contributed by atoms with Gasteiger partial charge < -0.3 is 10.5 Å². The molecule has 76 valence electrons. The molecule has 1 rings (SSSR count). The first kappa shape index (κ1) is 10.5. The number of anilines is 1. The highest BCUT2D eigenvalue weighted by Gasteiger charge is 2.10. The maximum Gasteiger partial charge on any atom is 0.339 e. The van der Waals surface area contributed by atoms with Crippen molar-refractivity contribution < 1.29 is 9.53 Å². The van der Waals surface area contributed by atoms with Crippen LogP contribution >= 0.6 is 0 Å². The topological polar surface area (TPSA) is 65.2 Å². The zero-order valence-electron chi connectivity index (χ0n) is 8.57. The number of aromatic nitrogens is 1. The van der Waals surface area contributed by atoms with Gasteiger partial charge in [0.2, 0.25) is 0 Å². The van der Waals surface area contributed by atoms with Gasteiger partial charge in [0.05, 0.1) is 11.7 Å². The number of esters is 1. The maximum absolute atomic E-state index is 11.4. The van der Waals surface area contributed by atoms with Crippen molar-refractivity contribution in [2.24, 2.45) is 0 Å². The van der Waals surface area contributed by atoms with Gasteiger partial charge in [-0.1, -0.05) is 0 Å². The van der Waals surface area contributed by atoms with Crippen molar-refractivity contribution in [3.05, 3.63) is 23.4 Å². The summed E-state index contributed by atoms with van der Waals surface area (Å²) in [6.07, 6.45) is 1.30. The number of ether oxygens (including phenoxy) is 1. The number of carbonyl (C=O) groups is 1. The highest BCUT2D eigenvalue weighted by Crippen LogP contribution is 2.10. The second-order valence-corrected chi connectivity index (χ2v) is 3.38. The second-order valence-electron chi connectivity index (χ2n) is 3.38. The fourth-order valence-corrected chi connectivity index (χ4v) is 0.979. The van der Waals surface area contributed by atoms with Crippen molar-refractivity contribution in [1.29, 1.82) is 0 Å². The summed E-state index contributed by atoms with van der Waals surface area (Å²) in [5, 5.41) is 0. The van der Waals surface area contributed by atoms with Crippen molar-refractivity contribution in [3.8, 4) is 0 Å². The third-order valence-corrected chi connectivity index (χ3v) is 1.70. The van der Waals surface area contributed by atoms with E-state index in [0.717, 1.165) is 5.56 Å². The minimum Gasteiger partial charge on any atom is -0.459 e. The van der Waals surface area contributed by atoms with E-state index >= 15 is 0 Å². The molecule has 14 heavy (non-hydrogen) atoms. The Balaban J connectivity index is 2.86. The zero-order valence-corrected chi connectivity index (χ0v) is 8.57. The van der Waals surface area contributed by atoms with Crippen LogP contribution in [0, 0.1) is 6.92 Å². The molecule has 0 amide bonds. The Bertz CT molecular complexity index is 348. The van der Waals surface area contributed by atoms with E-state index in [1.165, 1.54) is 6.20 Å². The van der Waals surface area contributed by atoms with Gasteiger partial charge in [0.25, 0.3) is 0 Å². The summed E-state index contributed by atoms with van der Waals surface area (Å²) in [4.78, 5) is 15.3. The molecule has 0 aliphatic carbocycles. The Kier molecular flexibility index (Phi) is 3.06. The molecule has 0 fully saturated rings. The molecule has 0 saturated carbocycles. The van der Waals surface area contributed by atoms with Crippen molar-refractivity contribution in [1.82, 2.24) is 4.98 Å². The predicted octanol–water partition coefficient (Wildman–Crippen LogP) is 1.54. The average Bonchev–Trinajstić information content (AvgIpc) is 2.08. The fourth-order valence-electron chi connectivity index (χ4n) is 0.979. The van der Waals surface area contributed by atoms with Gasteiger partial charge >= 0.3 is 5.97 Å². The van der Waals surface area contributed by atoms with Gasteiger partial charge in [-0.3, -0.25) is 0 Å². The molecule has 1 heterocycles. The lowest BCUT2D eigenvalue weighted by atomic mass is 10.2. The smallest absolute Gasteiger partial charge is 0.339 e. The number of nitrogen functional groups attached to an aromatic ring is 1. The van der Waals surface area contributed by atoms with E-state index < -0.39 is 0 Å². The van der Waals surface area contributed by atoms with E-state index in [-0.39, 0.29) is 12.1 Å². The number of rotatable bonds is 2. The van der Waals surface area contributed by atoms with Crippen molar-refractivity contribution in [2.45, 2.75) is 26.9 Å². The first-order chi connectivity index (χ1) is 6.50. The predicted molar refractivity (Wildman–Crippen MR) is 53.9 cm³/mol. The van der Waals surface area contributed by atoms with E-state index in [9.17, 15) is 4.79 Å². The Morgan fingerprint density at radius 3 is 2.71 bits per heavy atom. The molecule has 2 N–H and O–H groups in total. The normalized spacial score (nSPS) is 10.3. The Labute approximate surface area is 83.1 Å². The van der Waals surface area contributed by atoms with Crippen LogP contribution in [0.4, 0.5) is 5.82 Å². The van der Waals surface area contributed by atoms with Crippen LogP contribution in [0.2, 0.25) is 0 Å². The van der Waals surface area contributed by atoms with E-state index in [1.807, 2.05) is 0 Å². The number of nitrogens with two attached hydrogens (primary N) is 1. The molecule has 0 spiro atoms. The van der Waals surface area contributed by atoms with E-state index in [1.54, 1.807) is 26.8 Å². The summed E-state index contributed by atoms with van der Waals surface area (Å²) in [7, 11) is 0. The second kappa shape index (κ2) is 4.09. The van der Waals surface area contributed by atoms with Crippen molar-refractivity contribution in [3.63, 3.8) is 0 Å². The number of carbonyl (C=O) groups excluding carboxylic acids is 1. The molecular formula is C10H14N2O2. The summed E-state index contributed by atoms with van der Waals surface area (Å²) in [5.74, 6) is 0.0710. The highest BCUT2D eigenvalue weighted by atomic mass is 16.5. The molecule has 0 aliphatic rings. The maximum atomic E-state index is 11.4. The number of aryl methyl sites for hydroxylation is 1. The summed E-state index contributed by atoms with van der Waals surface area (Å²) >= 11 is 0. The van der Waals surface area contributed by atoms with Gasteiger partial charge in [-0.2, -0.15) is 0 Å². The quantitative estimate of drug-likeness (QED) is 0.725. The molecule has 0 aliphatic heterocycles. The first-order valence-corrected chi connectivity index (χ1v) is 4.44. The Morgan fingerprint density at radius 2 is 2.21 bits per heavy atom. The van der Waals surface area contributed by atoms with Gasteiger partial charge in [0.15, 0.2) is 0 Å². The van der Waals surface area contributed by atoms with E-state index in [0.29, 0.717) is 11.4 Å². The van der Waals surface area contributed by atoms with E-state index in [2.05, 4.69) is 4.98 Å².